The van der Waals surface area contributed by atoms with Crippen LogP contribution in [0.2, 0.25) is 0 Å². The number of nitrogens with two attached hydrogens (primary N) is 1. The van der Waals surface area contributed by atoms with Crippen molar-refractivity contribution in [1.82, 2.24) is 0 Å². The molecule has 0 heterocycles. The number of benzene rings is 1. The molecular formula is C10H14BrNO. The lowest BCUT2D eigenvalue weighted by Crippen LogP contribution is -2.23. The Hall–Kier alpha value is -0.380. The molecule has 0 aliphatic carbocycles. The van der Waals surface area contributed by atoms with Gasteiger partial charge in [-0.3, -0.25) is 0 Å². The third-order valence-electron chi connectivity index (χ3n) is 1.97. The van der Waals surface area contributed by atoms with Crippen LogP contribution in [0.3, 0.4) is 0 Å². The Balaban J connectivity index is 3.01. The molecule has 1 aromatic rings. The topological polar surface area (TPSA) is 46.2 Å². The van der Waals surface area contributed by atoms with E-state index < -0.39 is 6.10 Å². The molecule has 0 fully saturated rings. The average Bonchev–Trinajstić information content (AvgIpc) is 2.01. The minimum absolute atomic E-state index is 0.309. The Morgan fingerprint density at radius 3 is 2.46 bits per heavy atom. The number of aliphatic hydroxyl groups excluding tert-OH is 1. The van der Waals surface area contributed by atoms with Crippen LogP contribution in [0.1, 0.15) is 24.1 Å². The maximum absolute atomic E-state index is 9.32. The van der Waals surface area contributed by atoms with Crippen molar-refractivity contribution in [1.29, 1.82) is 0 Å². The lowest BCUT2D eigenvalue weighted by Gasteiger charge is -2.15. The van der Waals surface area contributed by atoms with Gasteiger partial charge in [0.2, 0.25) is 0 Å². The van der Waals surface area contributed by atoms with E-state index in [1.165, 1.54) is 0 Å². The zero-order chi connectivity index (χ0) is 10.0. The summed E-state index contributed by atoms with van der Waals surface area (Å²) in [5.74, 6) is 0. The zero-order valence-corrected chi connectivity index (χ0v) is 9.38. The highest BCUT2D eigenvalue weighted by Crippen LogP contribution is 2.21. The molecule has 72 valence electrons. The highest BCUT2D eigenvalue weighted by molar-refractivity contribution is 9.10. The predicted molar refractivity (Wildman–Crippen MR) is 57.5 cm³/mol. The van der Waals surface area contributed by atoms with E-state index in [0.717, 1.165) is 15.6 Å². The normalized spacial score (nSPS) is 15.5. The van der Waals surface area contributed by atoms with Crippen LogP contribution >= 0.6 is 15.9 Å². The number of halogens is 1. The van der Waals surface area contributed by atoms with Crippen molar-refractivity contribution in [3.8, 4) is 0 Å². The van der Waals surface area contributed by atoms with Crippen molar-refractivity contribution in [2.24, 2.45) is 5.73 Å². The van der Waals surface area contributed by atoms with Gasteiger partial charge < -0.3 is 10.8 Å². The summed E-state index contributed by atoms with van der Waals surface area (Å²) in [7, 11) is 0. The van der Waals surface area contributed by atoms with E-state index in [0.29, 0.717) is 0 Å². The molecule has 0 aromatic heterocycles. The Kier molecular flexibility index (Phi) is 3.47. The van der Waals surface area contributed by atoms with E-state index >= 15 is 0 Å². The lowest BCUT2D eigenvalue weighted by atomic mass is 10.0. The second-order valence-electron chi connectivity index (χ2n) is 3.33. The molecule has 0 radical (unpaired) electrons. The van der Waals surface area contributed by atoms with Crippen molar-refractivity contribution >= 4 is 15.9 Å². The summed E-state index contributed by atoms with van der Waals surface area (Å²) < 4.78 is 0.999. The molecule has 2 unspecified atom stereocenters. The zero-order valence-electron chi connectivity index (χ0n) is 7.79. The van der Waals surface area contributed by atoms with Crippen molar-refractivity contribution in [3.05, 3.63) is 33.8 Å². The van der Waals surface area contributed by atoms with Gasteiger partial charge in [-0.2, -0.15) is 0 Å². The Morgan fingerprint density at radius 1 is 1.38 bits per heavy atom. The second kappa shape index (κ2) is 4.22. The largest absolute Gasteiger partial charge is 0.391 e. The van der Waals surface area contributed by atoms with Gasteiger partial charge in [0.1, 0.15) is 0 Å². The summed E-state index contributed by atoms with van der Waals surface area (Å²) in [5.41, 5.74) is 7.90. The van der Waals surface area contributed by atoms with Crippen LogP contribution in [0.25, 0.3) is 0 Å². The van der Waals surface area contributed by atoms with Crippen LogP contribution in [0.4, 0.5) is 0 Å². The van der Waals surface area contributed by atoms with Crippen molar-refractivity contribution < 1.29 is 5.11 Å². The Labute approximate surface area is 86.9 Å². The first-order valence-electron chi connectivity index (χ1n) is 4.21. The first kappa shape index (κ1) is 10.7. The van der Waals surface area contributed by atoms with Crippen LogP contribution in [0.15, 0.2) is 22.7 Å². The summed E-state index contributed by atoms with van der Waals surface area (Å²) in [4.78, 5) is 0. The fourth-order valence-corrected chi connectivity index (χ4v) is 1.86. The van der Waals surface area contributed by atoms with Crippen LogP contribution in [-0.2, 0) is 0 Å². The van der Waals surface area contributed by atoms with Gasteiger partial charge in [0.15, 0.2) is 0 Å². The molecule has 1 rings (SSSR count). The van der Waals surface area contributed by atoms with Gasteiger partial charge in [-0.05, 0) is 37.1 Å². The minimum atomic E-state index is -0.520. The SMILES string of the molecule is Cc1cc(Br)cc(C(N)C(C)O)c1. The van der Waals surface area contributed by atoms with E-state index in [2.05, 4.69) is 15.9 Å². The first-order chi connectivity index (χ1) is 6.00. The summed E-state index contributed by atoms with van der Waals surface area (Å²) in [6, 6.07) is 5.63. The highest BCUT2D eigenvalue weighted by Gasteiger charge is 2.12. The van der Waals surface area contributed by atoms with Gasteiger partial charge in [0, 0.05) is 4.47 Å². The van der Waals surface area contributed by atoms with Gasteiger partial charge in [-0.25, -0.2) is 0 Å². The Bertz CT molecular complexity index is 279. The number of hydrogen-bond acceptors (Lipinski definition) is 2. The average molecular weight is 244 g/mol. The standard InChI is InChI=1S/C10H14BrNO/c1-6-3-8(5-9(11)4-6)10(12)7(2)13/h3-5,7,10,13H,12H2,1-2H3. The molecule has 3 heteroatoms. The highest BCUT2D eigenvalue weighted by atomic mass is 79.9. The molecule has 0 amide bonds. The second-order valence-corrected chi connectivity index (χ2v) is 4.24. The number of aliphatic hydroxyl groups is 1. The van der Waals surface area contributed by atoms with Crippen molar-refractivity contribution in [2.75, 3.05) is 0 Å². The predicted octanol–water partition coefficient (Wildman–Crippen LogP) is 2.14. The molecule has 2 atom stereocenters. The van der Waals surface area contributed by atoms with E-state index in [1.54, 1.807) is 6.92 Å². The molecule has 0 aliphatic heterocycles. The molecule has 0 aliphatic rings. The molecule has 13 heavy (non-hydrogen) atoms. The maximum atomic E-state index is 9.32. The maximum Gasteiger partial charge on any atom is 0.0704 e. The molecule has 0 bridgehead atoms. The monoisotopic (exact) mass is 243 g/mol. The third kappa shape index (κ3) is 2.79. The minimum Gasteiger partial charge on any atom is -0.391 e. The van der Waals surface area contributed by atoms with E-state index in [9.17, 15) is 5.11 Å². The molecule has 0 saturated heterocycles. The fourth-order valence-electron chi connectivity index (χ4n) is 1.24. The van der Waals surface area contributed by atoms with Crippen molar-refractivity contribution in [2.45, 2.75) is 26.0 Å². The first-order valence-corrected chi connectivity index (χ1v) is 5.00. The van der Waals surface area contributed by atoms with E-state index in [-0.39, 0.29) is 6.04 Å². The van der Waals surface area contributed by atoms with Gasteiger partial charge in [-0.15, -0.1) is 0 Å². The number of rotatable bonds is 2. The molecule has 1 aromatic carbocycles. The lowest BCUT2D eigenvalue weighted by molar-refractivity contribution is 0.164. The van der Waals surface area contributed by atoms with Crippen molar-refractivity contribution in [3.63, 3.8) is 0 Å². The van der Waals surface area contributed by atoms with Crippen LogP contribution in [0.5, 0.6) is 0 Å². The summed E-state index contributed by atoms with van der Waals surface area (Å²) in [6.07, 6.45) is -0.520. The molecule has 0 spiro atoms. The smallest absolute Gasteiger partial charge is 0.0704 e. The molecule has 0 saturated carbocycles. The summed E-state index contributed by atoms with van der Waals surface area (Å²) >= 11 is 3.39. The quantitative estimate of drug-likeness (QED) is 0.837. The molecule has 3 N–H and O–H groups in total. The van der Waals surface area contributed by atoms with E-state index in [4.69, 9.17) is 5.73 Å². The third-order valence-corrected chi connectivity index (χ3v) is 2.43. The molecular weight excluding hydrogens is 230 g/mol. The summed E-state index contributed by atoms with van der Waals surface area (Å²) in [6.45, 7) is 3.70. The Morgan fingerprint density at radius 2 is 2.00 bits per heavy atom. The van der Waals surface area contributed by atoms with Gasteiger partial charge in [-0.1, -0.05) is 22.0 Å². The fraction of sp³-hybridized carbons (Fsp3) is 0.400. The number of hydrogen-bond donors (Lipinski definition) is 2. The number of aryl methyl sites for hydroxylation is 1. The van der Waals surface area contributed by atoms with Gasteiger partial charge >= 0.3 is 0 Å². The van der Waals surface area contributed by atoms with E-state index in [1.807, 2.05) is 25.1 Å². The van der Waals surface area contributed by atoms with Crippen LogP contribution in [0, 0.1) is 6.92 Å². The van der Waals surface area contributed by atoms with Crippen LogP contribution < -0.4 is 5.73 Å². The van der Waals surface area contributed by atoms with Gasteiger partial charge in [0.25, 0.3) is 0 Å². The molecule has 2 nitrogen and oxygen atoms in total. The van der Waals surface area contributed by atoms with Crippen LogP contribution in [-0.4, -0.2) is 11.2 Å². The van der Waals surface area contributed by atoms with Gasteiger partial charge in [0.05, 0.1) is 12.1 Å². The summed E-state index contributed by atoms with van der Waals surface area (Å²) in [5, 5.41) is 9.32.